The Labute approximate surface area is 265 Å². The molecule has 1 aromatic heterocycles. The minimum Gasteiger partial charge on any atom is -0.497 e. The van der Waals surface area contributed by atoms with Crippen LogP contribution in [-0.4, -0.2) is 40.5 Å². The summed E-state index contributed by atoms with van der Waals surface area (Å²) >= 11 is 2.60. The number of anilines is 2. The van der Waals surface area contributed by atoms with Crippen molar-refractivity contribution in [2.24, 2.45) is 0 Å². The molecule has 1 heterocycles. The first-order valence-electron chi connectivity index (χ1n) is 13.4. The van der Waals surface area contributed by atoms with Gasteiger partial charge in [0.25, 0.3) is 17.5 Å². The minimum absolute atomic E-state index is 0.0899. The number of methoxy groups -OCH3 is 1. The number of ether oxygens (including phenoxy) is 1. The van der Waals surface area contributed by atoms with Crippen LogP contribution in [0.3, 0.4) is 0 Å². The normalized spacial score (nSPS) is 11.1. The Morgan fingerprint density at radius 2 is 1.73 bits per heavy atom. The maximum absolute atomic E-state index is 13.4. The molecule has 0 atom stereocenters. The van der Waals surface area contributed by atoms with Gasteiger partial charge >= 0.3 is 0 Å². The third-order valence-corrected chi connectivity index (χ3v) is 8.19. The maximum atomic E-state index is 13.4. The van der Waals surface area contributed by atoms with Crippen LogP contribution in [-0.2, 0) is 9.59 Å². The highest BCUT2D eigenvalue weighted by Gasteiger charge is 2.19. The molecule has 45 heavy (non-hydrogen) atoms. The van der Waals surface area contributed by atoms with Crippen LogP contribution in [0.5, 0.6) is 5.75 Å². The molecule has 0 aliphatic carbocycles. The zero-order valence-corrected chi connectivity index (χ0v) is 25.3. The molecule has 13 heteroatoms. The molecule has 0 spiro atoms. The van der Waals surface area contributed by atoms with Crippen molar-refractivity contribution in [1.29, 1.82) is 0 Å². The number of rotatable bonds is 11. The van der Waals surface area contributed by atoms with Gasteiger partial charge in [-0.2, -0.15) is 0 Å². The first-order chi connectivity index (χ1) is 21.8. The fraction of sp³-hybridized carbons (Fsp3) is 0.0625. The van der Waals surface area contributed by atoms with Gasteiger partial charge in [0.05, 0.1) is 33.6 Å². The second-order valence-electron chi connectivity index (χ2n) is 9.37. The first kappa shape index (κ1) is 30.9. The number of carbonyl (C=O) groups is 3. The number of para-hydroxylation sites is 1. The van der Waals surface area contributed by atoms with Crippen molar-refractivity contribution in [3.63, 3.8) is 0 Å². The van der Waals surface area contributed by atoms with Crippen LogP contribution in [0.4, 0.5) is 16.5 Å². The van der Waals surface area contributed by atoms with Gasteiger partial charge in [-0.1, -0.05) is 47.7 Å². The van der Waals surface area contributed by atoms with Gasteiger partial charge in [-0.05, 0) is 60.7 Å². The van der Waals surface area contributed by atoms with E-state index in [0.717, 1.165) is 10.2 Å². The highest BCUT2D eigenvalue weighted by atomic mass is 32.2. The quantitative estimate of drug-likeness (QED) is 0.0654. The van der Waals surface area contributed by atoms with Crippen molar-refractivity contribution < 1.29 is 24.0 Å². The second kappa shape index (κ2) is 14.3. The van der Waals surface area contributed by atoms with E-state index in [1.807, 2.05) is 12.1 Å². The Balaban J connectivity index is 1.28. The second-order valence-corrected chi connectivity index (χ2v) is 11.4. The van der Waals surface area contributed by atoms with Gasteiger partial charge in [0, 0.05) is 22.2 Å². The number of thioether (sulfide) groups is 1. The molecule has 226 valence electrons. The number of nitro benzene ring substituents is 1. The van der Waals surface area contributed by atoms with E-state index in [9.17, 15) is 24.5 Å². The average molecular weight is 640 g/mol. The number of hydrogen-bond donors (Lipinski definition) is 3. The Bertz CT molecular complexity index is 1930. The third-order valence-electron chi connectivity index (χ3n) is 6.27. The monoisotopic (exact) mass is 639 g/mol. The van der Waals surface area contributed by atoms with Crippen molar-refractivity contribution in [3.8, 4) is 5.75 Å². The fourth-order valence-electron chi connectivity index (χ4n) is 4.13. The molecule has 0 aliphatic rings. The Hall–Kier alpha value is -5.53. The number of carbonyl (C=O) groups excluding carboxylic acids is 3. The summed E-state index contributed by atoms with van der Waals surface area (Å²) in [5, 5.41) is 20.2. The highest BCUT2D eigenvalue weighted by Crippen LogP contribution is 2.30. The van der Waals surface area contributed by atoms with E-state index in [4.69, 9.17) is 4.74 Å². The number of fused-ring (bicyclic) bond motifs is 1. The lowest BCUT2D eigenvalue weighted by atomic mass is 10.1. The molecule has 0 bridgehead atoms. The largest absolute Gasteiger partial charge is 0.497 e. The minimum atomic E-state index is -0.690. The van der Waals surface area contributed by atoms with Crippen molar-refractivity contribution in [2.75, 3.05) is 23.5 Å². The number of thiazole rings is 1. The molecule has 5 aromatic rings. The predicted molar refractivity (Wildman–Crippen MR) is 176 cm³/mol. The van der Waals surface area contributed by atoms with Crippen molar-refractivity contribution in [1.82, 2.24) is 10.3 Å². The van der Waals surface area contributed by atoms with Crippen molar-refractivity contribution in [2.45, 2.75) is 4.90 Å². The lowest BCUT2D eigenvalue weighted by molar-refractivity contribution is -0.385. The van der Waals surface area contributed by atoms with E-state index in [1.54, 1.807) is 73.8 Å². The van der Waals surface area contributed by atoms with E-state index in [1.165, 1.54) is 47.4 Å². The summed E-state index contributed by atoms with van der Waals surface area (Å²) in [7, 11) is 1.58. The molecule has 0 unspecified atom stereocenters. The van der Waals surface area contributed by atoms with E-state index in [2.05, 4.69) is 20.9 Å². The number of nitrogens with one attached hydrogen (secondary N) is 3. The highest BCUT2D eigenvalue weighted by molar-refractivity contribution is 8.00. The molecule has 0 aliphatic heterocycles. The third kappa shape index (κ3) is 8.10. The van der Waals surface area contributed by atoms with E-state index >= 15 is 0 Å². The molecule has 3 amide bonds. The van der Waals surface area contributed by atoms with Crippen LogP contribution < -0.4 is 20.7 Å². The Morgan fingerprint density at radius 1 is 0.956 bits per heavy atom. The Morgan fingerprint density at radius 3 is 2.51 bits per heavy atom. The molecular formula is C32H25N5O6S2. The molecule has 0 saturated carbocycles. The number of nitro groups is 1. The topological polar surface area (TPSA) is 153 Å². The summed E-state index contributed by atoms with van der Waals surface area (Å²) in [4.78, 5) is 55.1. The van der Waals surface area contributed by atoms with Crippen LogP contribution >= 0.6 is 23.1 Å². The molecule has 3 N–H and O–H groups in total. The lowest BCUT2D eigenvalue weighted by Crippen LogP contribution is -2.30. The zero-order valence-electron chi connectivity index (χ0n) is 23.7. The summed E-state index contributed by atoms with van der Waals surface area (Å²) in [5.74, 6) is -0.706. The summed E-state index contributed by atoms with van der Waals surface area (Å²) in [6, 6.07) is 26.5. The Kier molecular flexibility index (Phi) is 9.82. The first-order valence-corrected chi connectivity index (χ1v) is 15.2. The van der Waals surface area contributed by atoms with Crippen LogP contribution in [0.1, 0.15) is 15.9 Å². The number of amides is 3. The maximum Gasteiger partial charge on any atom is 0.276 e. The van der Waals surface area contributed by atoms with Crippen LogP contribution in [0.2, 0.25) is 0 Å². The standard InChI is InChI=1S/C32H25N5O6S2/c1-43-23-14-15-25-28(18-23)45-32(35-25)36-29(38)19-44-24-12-7-11-22(17-24)33-31(40)26(34-30(39)20-8-3-2-4-9-20)16-21-10-5-6-13-27(21)37(41)42/h2-18H,19H2,1H3,(H,33,40)(H,34,39)(H,35,36,38)/b26-16+. The zero-order chi connectivity index (χ0) is 31.8. The van der Waals surface area contributed by atoms with Crippen LogP contribution in [0.25, 0.3) is 16.3 Å². The van der Waals surface area contributed by atoms with Crippen LogP contribution in [0, 0.1) is 10.1 Å². The van der Waals surface area contributed by atoms with E-state index in [-0.39, 0.29) is 28.6 Å². The SMILES string of the molecule is COc1ccc2nc(NC(=O)CSc3cccc(NC(=O)/C(=C\c4ccccc4[N+](=O)[O-])NC(=O)c4ccccc4)c3)sc2c1. The average Bonchev–Trinajstić information content (AvgIpc) is 3.45. The number of nitrogens with zero attached hydrogens (tertiary/aromatic N) is 2. The molecule has 11 nitrogen and oxygen atoms in total. The summed E-state index contributed by atoms with van der Waals surface area (Å²) in [5.41, 5.74) is 1.18. The molecule has 0 fully saturated rings. The van der Waals surface area contributed by atoms with E-state index < -0.39 is 16.7 Å². The van der Waals surface area contributed by atoms with Crippen molar-refractivity contribution >= 4 is 73.6 Å². The number of hydrogen-bond acceptors (Lipinski definition) is 9. The van der Waals surface area contributed by atoms with Gasteiger partial charge < -0.3 is 20.7 Å². The smallest absolute Gasteiger partial charge is 0.276 e. The van der Waals surface area contributed by atoms with E-state index in [0.29, 0.717) is 27.0 Å². The molecule has 4 aromatic carbocycles. The molecule has 0 radical (unpaired) electrons. The predicted octanol–water partition coefficient (Wildman–Crippen LogP) is 6.35. The molecule has 0 saturated heterocycles. The molecule has 5 rings (SSSR count). The fourth-order valence-corrected chi connectivity index (χ4v) is 5.79. The van der Waals surface area contributed by atoms with Gasteiger partial charge in [0.1, 0.15) is 11.4 Å². The van der Waals surface area contributed by atoms with Crippen molar-refractivity contribution in [3.05, 3.63) is 124 Å². The van der Waals surface area contributed by atoms with Gasteiger partial charge in [-0.15, -0.1) is 11.8 Å². The lowest BCUT2D eigenvalue weighted by Gasteiger charge is -2.12. The summed E-state index contributed by atoms with van der Waals surface area (Å²) in [6.45, 7) is 0. The van der Waals surface area contributed by atoms with Crippen LogP contribution in [0.15, 0.2) is 108 Å². The van der Waals surface area contributed by atoms with Gasteiger partial charge in [0.2, 0.25) is 5.91 Å². The molecular weight excluding hydrogens is 615 g/mol. The van der Waals surface area contributed by atoms with Gasteiger partial charge in [-0.25, -0.2) is 4.98 Å². The number of aromatic nitrogens is 1. The van der Waals surface area contributed by atoms with Gasteiger partial charge in [0.15, 0.2) is 5.13 Å². The van der Waals surface area contributed by atoms with Gasteiger partial charge in [-0.3, -0.25) is 24.5 Å². The number of benzene rings is 4. The summed E-state index contributed by atoms with van der Waals surface area (Å²) in [6.07, 6.45) is 1.26. The summed E-state index contributed by atoms with van der Waals surface area (Å²) < 4.78 is 6.12.